The van der Waals surface area contributed by atoms with Crippen molar-refractivity contribution in [2.75, 3.05) is 0 Å². The van der Waals surface area contributed by atoms with E-state index in [0.29, 0.717) is 10.8 Å². The van der Waals surface area contributed by atoms with Crippen molar-refractivity contribution in [3.05, 3.63) is 0 Å². The summed E-state index contributed by atoms with van der Waals surface area (Å²) in [4.78, 5) is 12.8. The van der Waals surface area contributed by atoms with E-state index < -0.39 is 0 Å². The molecule has 19 heavy (non-hydrogen) atoms. The van der Waals surface area contributed by atoms with Gasteiger partial charge in [0.25, 0.3) is 0 Å². The van der Waals surface area contributed by atoms with Gasteiger partial charge in [-0.1, -0.05) is 13.8 Å². The number of ether oxygens (including phenoxy) is 1. The first-order valence-corrected chi connectivity index (χ1v) is 7.77. The van der Waals surface area contributed by atoms with Crippen LogP contribution in [-0.2, 0) is 9.53 Å². The first-order chi connectivity index (χ1) is 8.53. The lowest BCUT2D eigenvalue weighted by molar-refractivity contribution is -0.200. The molecule has 4 aliphatic rings. The van der Waals surface area contributed by atoms with E-state index in [-0.39, 0.29) is 17.0 Å². The van der Waals surface area contributed by atoms with Gasteiger partial charge in [0.2, 0.25) is 0 Å². The fraction of sp³-hybridized carbons (Fsp3) is 0.941. The third-order valence-corrected chi connectivity index (χ3v) is 5.46. The third kappa shape index (κ3) is 2.21. The van der Waals surface area contributed by atoms with Crippen molar-refractivity contribution in [2.45, 2.75) is 78.7 Å². The Morgan fingerprint density at radius 2 is 1.53 bits per heavy atom. The summed E-state index contributed by atoms with van der Waals surface area (Å²) in [6.45, 7) is 10.7. The van der Waals surface area contributed by atoms with E-state index in [0.717, 1.165) is 25.2 Å². The molecule has 0 spiro atoms. The molecular formula is C17H28O2. The summed E-state index contributed by atoms with van der Waals surface area (Å²) < 4.78 is 5.77. The van der Waals surface area contributed by atoms with Gasteiger partial charge in [-0.25, -0.2) is 0 Å². The molecule has 2 unspecified atom stereocenters. The fourth-order valence-corrected chi connectivity index (χ4v) is 6.06. The molecule has 4 rings (SSSR count). The summed E-state index contributed by atoms with van der Waals surface area (Å²) in [6, 6.07) is 0. The molecule has 0 radical (unpaired) electrons. The van der Waals surface area contributed by atoms with Crippen LogP contribution >= 0.6 is 0 Å². The Morgan fingerprint density at radius 3 is 1.95 bits per heavy atom. The minimum absolute atomic E-state index is 0.0848. The molecule has 4 bridgehead atoms. The molecule has 2 nitrogen and oxygen atoms in total. The smallest absolute Gasteiger partial charge is 0.312 e. The number of hydrogen-bond donors (Lipinski definition) is 0. The molecule has 0 aromatic rings. The van der Waals surface area contributed by atoms with E-state index >= 15 is 0 Å². The lowest BCUT2D eigenvalue weighted by Crippen LogP contribution is -2.58. The molecule has 0 N–H and O–H groups in total. The van der Waals surface area contributed by atoms with Crippen molar-refractivity contribution in [3.63, 3.8) is 0 Å². The maximum atomic E-state index is 12.8. The van der Waals surface area contributed by atoms with Crippen LogP contribution in [-0.4, -0.2) is 11.6 Å². The van der Waals surface area contributed by atoms with Gasteiger partial charge >= 0.3 is 5.97 Å². The summed E-state index contributed by atoms with van der Waals surface area (Å²) in [5.74, 6) is 0.834. The second-order valence-corrected chi connectivity index (χ2v) is 9.41. The molecule has 0 aromatic carbocycles. The molecule has 0 amide bonds. The minimum Gasteiger partial charge on any atom is -0.460 e. The largest absolute Gasteiger partial charge is 0.460 e. The summed E-state index contributed by atoms with van der Waals surface area (Å²) in [5.41, 5.74) is 0.231. The van der Waals surface area contributed by atoms with Crippen LogP contribution in [0.15, 0.2) is 0 Å². The molecule has 0 saturated heterocycles. The average Bonchev–Trinajstić information content (AvgIpc) is 2.07. The molecule has 0 aromatic heterocycles. The van der Waals surface area contributed by atoms with Crippen molar-refractivity contribution in [1.82, 2.24) is 0 Å². The highest BCUT2D eigenvalue weighted by Gasteiger charge is 2.63. The van der Waals surface area contributed by atoms with Crippen LogP contribution in [0.5, 0.6) is 0 Å². The van der Waals surface area contributed by atoms with Gasteiger partial charge in [0, 0.05) is 0 Å². The Balaban J connectivity index is 1.90. The fourth-order valence-electron chi connectivity index (χ4n) is 6.06. The monoisotopic (exact) mass is 264 g/mol. The summed E-state index contributed by atoms with van der Waals surface area (Å²) >= 11 is 0. The zero-order valence-corrected chi connectivity index (χ0v) is 13.1. The Morgan fingerprint density at radius 1 is 1.00 bits per heavy atom. The Labute approximate surface area is 117 Å². The van der Waals surface area contributed by atoms with Crippen LogP contribution in [0.4, 0.5) is 0 Å². The number of carbonyl (C=O) groups excluding carboxylic acids is 1. The molecular weight excluding hydrogens is 236 g/mol. The average molecular weight is 264 g/mol. The summed E-state index contributed by atoms with van der Waals surface area (Å²) in [6.07, 6.45) is 7.15. The van der Waals surface area contributed by atoms with E-state index in [1.165, 1.54) is 19.3 Å². The van der Waals surface area contributed by atoms with Gasteiger partial charge < -0.3 is 4.74 Å². The van der Waals surface area contributed by atoms with Crippen molar-refractivity contribution in [2.24, 2.45) is 22.2 Å². The van der Waals surface area contributed by atoms with Gasteiger partial charge in [-0.2, -0.15) is 0 Å². The van der Waals surface area contributed by atoms with Crippen molar-refractivity contribution in [1.29, 1.82) is 0 Å². The molecule has 2 heteroatoms. The summed E-state index contributed by atoms with van der Waals surface area (Å²) in [7, 11) is 0. The van der Waals surface area contributed by atoms with Crippen LogP contribution < -0.4 is 0 Å². The van der Waals surface area contributed by atoms with E-state index in [1.807, 2.05) is 20.8 Å². The quantitative estimate of drug-likeness (QED) is 0.659. The van der Waals surface area contributed by atoms with Gasteiger partial charge in [-0.3, -0.25) is 4.79 Å². The zero-order valence-electron chi connectivity index (χ0n) is 13.1. The number of esters is 1. The minimum atomic E-state index is -0.359. The highest BCUT2D eigenvalue weighted by atomic mass is 16.6. The summed E-state index contributed by atoms with van der Waals surface area (Å²) in [5, 5.41) is 0. The van der Waals surface area contributed by atoms with Crippen LogP contribution in [0.2, 0.25) is 0 Å². The van der Waals surface area contributed by atoms with Gasteiger partial charge in [-0.15, -0.1) is 0 Å². The number of hydrogen-bond acceptors (Lipinski definition) is 2. The molecule has 4 aliphatic carbocycles. The Hall–Kier alpha value is -0.530. The normalized spacial score (nSPS) is 48.4. The maximum absolute atomic E-state index is 12.8. The van der Waals surface area contributed by atoms with E-state index in [4.69, 9.17) is 4.74 Å². The molecule has 4 fully saturated rings. The molecule has 2 atom stereocenters. The highest BCUT2D eigenvalue weighted by Crippen LogP contribution is 2.69. The van der Waals surface area contributed by atoms with Crippen LogP contribution in [0.25, 0.3) is 0 Å². The Kier molecular flexibility index (Phi) is 2.52. The first kappa shape index (κ1) is 13.5. The molecule has 0 heterocycles. The predicted molar refractivity (Wildman–Crippen MR) is 75.7 cm³/mol. The second kappa shape index (κ2) is 3.56. The number of carbonyl (C=O) groups is 1. The first-order valence-electron chi connectivity index (χ1n) is 7.77. The predicted octanol–water partition coefficient (Wildman–Crippen LogP) is 4.32. The van der Waals surface area contributed by atoms with Gasteiger partial charge in [-0.05, 0) is 76.0 Å². The highest BCUT2D eigenvalue weighted by molar-refractivity contribution is 5.78. The van der Waals surface area contributed by atoms with Gasteiger partial charge in [0.1, 0.15) is 5.60 Å². The van der Waals surface area contributed by atoms with Crippen molar-refractivity contribution in [3.8, 4) is 0 Å². The SMILES string of the molecule is CC12CC3CC(C)(C1)CC(C(=O)OC(C)(C)C)(C3)C2. The van der Waals surface area contributed by atoms with Crippen LogP contribution in [0.1, 0.15) is 73.1 Å². The van der Waals surface area contributed by atoms with Crippen molar-refractivity contribution < 1.29 is 9.53 Å². The third-order valence-electron chi connectivity index (χ3n) is 5.46. The van der Waals surface area contributed by atoms with Crippen LogP contribution in [0.3, 0.4) is 0 Å². The van der Waals surface area contributed by atoms with Gasteiger partial charge in [0.05, 0.1) is 5.41 Å². The van der Waals surface area contributed by atoms with Gasteiger partial charge in [0.15, 0.2) is 0 Å². The zero-order chi connectivity index (χ0) is 14.1. The lowest BCUT2D eigenvalue weighted by Gasteiger charge is -2.64. The van der Waals surface area contributed by atoms with E-state index in [1.54, 1.807) is 0 Å². The standard InChI is InChI=1S/C17H28O2/c1-14(2,3)19-13(18)17-8-12-6-15(4,10-17)9-16(5,7-12)11-17/h12H,6-11H2,1-5H3. The molecule has 0 aliphatic heterocycles. The maximum Gasteiger partial charge on any atom is 0.312 e. The number of rotatable bonds is 1. The van der Waals surface area contributed by atoms with Crippen molar-refractivity contribution >= 4 is 5.97 Å². The molecule has 4 saturated carbocycles. The second-order valence-electron chi connectivity index (χ2n) is 9.41. The van der Waals surface area contributed by atoms with Crippen LogP contribution in [0, 0.1) is 22.2 Å². The van der Waals surface area contributed by atoms with E-state index in [2.05, 4.69) is 13.8 Å². The topological polar surface area (TPSA) is 26.3 Å². The van der Waals surface area contributed by atoms with E-state index in [9.17, 15) is 4.79 Å². The Bertz CT molecular complexity index is 399. The lowest BCUT2D eigenvalue weighted by atomic mass is 9.40. The molecule has 108 valence electrons.